The highest BCUT2D eigenvalue weighted by Crippen LogP contribution is 2.20. The van der Waals surface area contributed by atoms with E-state index in [9.17, 15) is 14.4 Å². The maximum absolute atomic E-state index is 12.1. The molecule has 1 saturated heterocycles. The van der Waals surface area contributed by atoms with E-state index in [0.29, 0.717) is 5.92 Å². The molecule has 0 radical (unpaired) electrons. The Morgan fingerprint density at radius 1 is 1.19 bits per heavy atom. The molecule has 0 saturated carbocycles. The maximum Gasteiger partial charge on any atom is 0.325 e. The lowest BCUT2D eigenvalue weighted by Crippen LogP contribution is -2.49. The molecule has 1 aliphatic rings. The fraction of sp³-hybridized carbons (Fsp3) is 0.500. The van der Waals surface area contributed by atoms with Crippen LogP contribution in [0.3, 0.4) is 0 Å². The van der Waals surface area contributed by atoms with Gasteiger partial charge in [0.15, 0.2) is 0 Å². The fourth-order valence-corrected chi connectivity index (χ4v) is 2.63. The molecule has 0 bridgehead atoms. The maximum atomic E-state index is 12.1. The first-order chi connectivity index (χ1) is 11.6. The van der Waals surface area contributed by atoms with Crippen LogP contribution in [0.2, 0.25) is 0 Å². The topological polar surface area (TPSA) is 105 Å². The fourth-order valence-electron chi connectivity index (χ4n) is 2.63. The average Bonchev–Trinajstić information content (AvgIpc) is 2.74. The van der Waals surface area contributed by atoms with Gasteiger partial charge in [0.05, 0.1) is 0 Å². The van der Waals surface area contributed by atoms with Crippen molar-refractivity contribution in [2.75, 3.05) is 13.1 Å². The molecule has 1 aromatic rings. The van der Waals surface area contributed by atoms with Crippen molar-refractivity contribution < 1.29 is 14.4 Å². The van der Waals surface area contributed by atoms with Crippen molar-refractivity contribution in [3.8, 4) is 0 Å². The third kappa shape index (κ3) is 4.74. The van der Waals surface area contributed by atoms with Gasteiger partial charge in [-0.3, -0.25) is 14.9 Å². The van der Waals surface area contributed by atoms with Crippen molar-refractivity contribution in [3.63, 3.8) is 0 Å². The lowest BCUT2D eigenvalue weighted by Gasteiger charge is -2.27. The summed E-state index contributed by atoms with van der Waals surface area (Å²) in [6.45, 7) is 7.50. The Kier molecular flexibility index (Phi) is 7.17. The summed E-state index contributed by atoms with van der Waals surface area (Å²) in [7, 11) is 0. The largest absolute Gasteiger partial charge is 0.353 e. The number of amides is 4. The number of carbonyl (C=O) groups is 3. The van der Waals surface area contributed by atoms with Crippen LogP contribution in [-0.2, 0) is 9.59 Å². The van der Waals surface area contributed by atoms with E-state index in [1.807, 2.05) is 24.3 Å². The summed E-state index contributed by atoms with van der Waals surface area (Å²) in [6, 6.07) is 7.09. The van der Waals surface area contributed by atoms with Gasteiger partial charge in [-0.1, -0.05) is 38.1 Å². The van der Waals surface area contributed by atoms with Crippen LogP contribution in [0.4, 0.5) is 4.79 Å². The molecule has 0 aromatic heterocycles. The van der Waals surface area contributed by atoms with Crippen LogP contribution in [-0.4, -0.2) is 41.4 Å². The summed E-state index contributed by atoms with van der Waals surface area (Å²) in [6.07, 6.45) is 0. The smallest absolute Gasteiger partial charge is 0.325 e. The molecule has 144 valence electrons. The predicted octanol–water partition coefficient (Wildman–Crippen LogP) is 1.68. The van der Waals surface area contributed by atoms with Crippen molar-refractivity contribution in [2.24, 2.45) is 5.73 Å². The van der Waals surface area contributed by atoms with Crippen LogP contribution in [0.25, 0.3) is 0 Å². The number of halogens is 1. The van der Waals surface area contributed by atoms with Gasteiger partial charge in [-0.15, -0.1) is 12.4 Å². The van der Waals surface area contributed by atoms with Crippen molar-refractivity contribution in [2.45, 2.75) is 45.2 Å². The quantitative estimate of drug-likeness (QED) is 0.651. The number of nitrogens with zero attached hydrogens (tertiary/aromatic N) is 1. The number of hydrogen-bond acceptors (Lipinski definition) is 4. The minimum Gasteiger partial charge on any atom is -0.353 e. The molecule has 1 atom stereocenters. The highest BCUT2D eigenvalue weighted by Gasteiger charge is 2.46. The number of benzene rings is 1. The average molecular weight is 383 g/mol. The zero-order chi connectivity index (χ0) is 18.8. The Morgan fingerprint density at radius 3 is 2.19 bits per heavy atom. The van der Waals surface area contributed by atoms with Gasteiger partial charge in [0, 0.05) is 12.6 Å². The van der Waals surface area contributed by atoms with Crippen molar-refractivity contribution in [1.29, 1.82) is 0 Å². The van der Waals surface area contributed by atoms with E-state index in [1.165, 1.54) is 10.5 Å². The molecule has 2 rings (SSSR count). The zero-order valence-corrected chi connectivity index (χ0v) is 16.4. The lowest BCUT2D eigenvalue weighted by molar-refractivity contribution is -0.127. The molecular weight excluding hydrogens is 356 g/mol. The van der Waals surface area contributed by atoms with Gasteiger partial charge in [-0.2, -0.15) is 0 Å². The van der Waals surface area contributed by atoms with Crippen LogP contribution < -0.4 is 16.4 Å². The van der Waals surface area contributed by atoms with Gasteiger partial charge in [0.2, 0.25) is 5.91 Å². The number of imide groups is 1. The van der Waals surface area contributed by atoms with Gasteiger partial charge < -0.3 is 16.0 Å². The Labute approximate surface area is 160 Å². The number of nitrogens with one attached hydrogen (secondary N) is 2. The summed E-state index contributed by atoms with van der Waals surface area (Å²) < 4.78 is 0. The van der Waals surface area contributed by atoms with Crippen LogP contribution in [0, 0.1) is 0 Å². The van der Waals surface area contributed by atoms with Gasteiger partial charge in [0.25, 0.3) is 5.91 Å². The summed E-state index contributed by atoms with van der Waals surface area (Å²) in [5.74, 6) is -0.318. The minimum absolute atomic E-state index is 0. The molecule has 4 amide bonds. The molecule has 26 heavy (non-hydrogen) atoms. The molecule has 1 unspecified atom stereocenters. The normalized spacial score (nSPS) is 16.9. The summed E-state index contributed by atoms with van der Waals surface area (Å²) in [5, 5.41) is 4.93. The minimum atomic E-state index is -1.04. The van der Waals surface area contributed by atoms with E-state index in [-0.39, 0.29) is 37.4 Å². The molecule has 8 heteroatoms. The summed E-state index contributed by atoms with van der Waals surface area (Å²) >= 11 is 0. The first-order valence-corrected chi connectivity index (χ1v) is 8.38. The molecule has 1 aliphatic heterocycles. The predicted molar refractivity (Wildman–Crippen MR) is 102 cm³/mol. The third-order valence-electron chi connectivity index (χ3n) is 4.55. The van der Waals surface area contributed by atoms with Crippen LogP contribution in [0.15, 0.2) is 24.3 Å². The van der Waals surface area contributed by atoms with Crippen LogP contribution >= 0.6 is 12.4 Å². The summed E-state index contributed by atoms with van der Waals surface area (Å²) in [4.78, 5) is 36.8. The third-order valence-corrected chi connectivity index (χ3v) is 4.55. The standard InChI is InChI=1S/C18H26N4O3.ClH/c1-11(2)12-5-7-13(8-6-12)14(19)9-20-15(23)10-22-17(25)21-16(24)18(22,3)4;/h5-8,11,14H,9-10,19H2,1-4H3,(H,20,23)(H,21,24,25);1H. The highest BCUT2D eigenvalue weighted by molar-refractivity contribution is 6.07. The van der Waals surface area contributed by atoms with E-state index >= 15 is 0 Å². The second-order valence-electron chi connectivity index (χ2n) is 7.14. The van der Waals surface area contributed by atoms with Gasteiger partial charge >= 0.3 is 6.03 Å². The van der Waals surface area contributed by atoms with Crippen LogP contribution in [0.1, 0.15) is 50.8 Å². The molecule has 1 aromatic carbocycles. The first-order valence-electron chi connectivity index (χ1n) is 8.38. The molecule has 0 spiro atoms. The second-order valence-corrected chi connectivity index (χ2v) is 7.14. The van der Waals surface area contributed by atoms with E-state index in [4.69, 9.17) is 5.73 Å². The Hall–Kier alpha value is -2.12. The number of urea groups is 1. The second kappa shape index (κ2) is 8.51. The Balaban J connectivity index is 0.00000338. The van der Waals surface area contributed by atoms with E-state index in [1.54, 1.807) is 13.8 Å². The molecule has 1 fully saturated rings. The monoisotopic (exact) mass is 382 g/mol. The SMILES string of the molecule is CC(C)c1ccc(C(N)CNC(=O)CN2C(=O)NC(=O)C2(C)C)cc1.Cl. The van der Waals surface area contributed by atoms with Crippen LogP contribution in [0.5, 0.6) is 0 Å². The molecule has 0 aliphatic carbocycles. The summed E-state index contributed by atoms with van der Waals surface area (Å²) in [5.41, 5.74) is 7.24. The van der Waals surface area contributed by atoms with Crippen molar-refractivity contribution in [3.05, 3.63) is 35.4 Å². The van der Waals surface area contributed by atoms with Gasteiger partial charge in [0.1, 0.15) is 12.1 Å². The highest BCUT2D eigenvalue weighted by atomic mass is 35.5. The molecule has 7 nitrogen and oxygen atoms in total. The van der Waals surface area contributed by atoms with Crippen molar-refractivity contribution >= 4 is 30.3 Å². The first kappa shape index (κ1) is 21.9. The van der Waals surface area contributed by atoms with E-state index < -0.39 is 17.5 Å². The molecule has 1 heterocycles. The number of carbonyl (C=O) groups excluding carboxylic acids is 3. The van der Waals surface area contributed by atoms with Gasteiger partial charge in [-0.25, -0.2) is 4.79 Å². The molecule has 4 N–H and O–H groups in total. The number of hydrogen-bond donors (Lipinski definition) is 3. The van der Waals surface area contributed by atoms with E-state index in [0.717, 1.165) is 5.56 Å². The van der Waals surface area contributed by atoms with Gasteiger partial charge in [-0.05, 0) is 30.9 Å². The zero-order valence-electron chi connectivity index (χ0n) is 15.5. The Bertz CT molecular complexity index is 674. The number of nitrogens with two attached hydrogens (primary N) is 1. The van der Waals surface area contributed by atoms with Crippen molar-refractivity contribution in [1.82, 2.24) is 15.5 Å². The Morgan fingerprint density at radius 2 is 1.73 bits per heavy atom. The lowest BCUT2D eigenvalue weighted by atomic mass is 9.99. The number of rotatable bonds is 6. The van der Waals surface area contributed by atoms with E-state index in [2.05, 4.69) is 24.5 Å². The molecular formula is C18H27ClN4O3.